The minimum absolute atomic E-state index is 0.272. The van der Waals surface area contributed by atoms with Gasteiger partial charge < -0.3 is 15.0 Å². The molecule has 1 heterocycles. The van der Waals surface area contributed by atoms with Gasteiger partial charge in [0.25, 0.3) is 5.91 Å². The maximum Gasteiger partial charge on any atom is 0.252 e. The van der Waals surface area contributed by atoms with E-state index in [1.807, 2.05) is 49.4 Å². The number of aromatic amines is 1. The van der Waals surface area contributed by atoms with Crippen molar-refractivity contribution in [2.24, 2.45) is 0 Å². The third-order valence-electron chi connectivity index (χ3n) is 3.68. The van der Waals surface area contributed by atoms with Crippen LogP contribution in [0.2, 0.25) is 0 Å². The van der Waals surface area contributed by atoms with Crippen molar-refractivity contribution in [1.29, 1.82) is 0 Å². The lowest BCUT2D eigenvalue weighted by molar-refractivity contribution is 0.0952. The van der Waals surface area contributed by atoms with Crippen molar-refractivity contribution in [3.8, 4) is 5.75 Å². The first-order valence-electron chi connectivity index (χ1n) is 7.79. The van der Waals surface area contributed by atoms with Gasteiger partial charge in [-0.15, -0.1) is 0 Å². The van der Waals surface area contributed by atoms with E-state index in [0.29, 0.717) is 24.2 Å². The molecule has 5 nitrogen and oxygen atoms in total. The third-order valence-corrected chi connectivity index (χ3v) is 3.68. The lowest BCUT2D eigenvalue weighted by Crippen LogP contribution is -2.24. The highest BCUT2D eigenvalue weighted by Gasteiger charge is 2.11. The summed E-state index contributed by atoms with van der Waals surface area (Å²) >= 11 is 0. The van der Waals surface area contributed by atoms with E-state index in [1.54, 1.807) is 6.07 Å². The zero-order valence-corrected chi connectivity index (χ0v) is 13.3. The van der Waals surface area contributed by atoms with Crippen molar-refractivity contribution < 1.29 is 9.53 Å². The van der Waals surface area contributed by atoms with Crippen molar-refractivity contribution in [3.05, 3.63) is 76.1 Å². The molecule has 1 amide bonds. The number of ether oxygens (including phenoxy) is 1. The second-order valence-electron chi connectivity index (χ2n) is 5.35. The Labute approximate surface area is 139 Å². The molecule has 0 bridgehead atoms. The number of pyridine rings is 1. The average Bonchev–Trinajstić information content (AvgIpc) is 2.60. The summed E-state index contributed by atoms with van der Waals surface area (Å²) in [5.74, 6) is 0.527. The van der Waals surface area contributed by atoms with Crippen molar-refractivity contribution in [3.63, 3.8) is 0 Å². The SMILES string of the molecule is CCOc1ccc(CNC(=O)c2cc(=O)[nH]c3ccccc23)cc1. The molecule has 0 saturated carbocycles. The summed E-state index contributed by atoms with van der Waals surface area (Å²) in [4.78, 5) is 26.9. The second kappa shape index (κ2) is 7.00. The number of hydrogen-bond acceptors (Lipinski definition) is 3. The first kappa shape index (κ1) is 15.8. The summed E-state index contributed by atoms with van der Waals surface area (Å²) < 4.78 is 5.39. The van der Waals surface area contributed by atoms with Crippen LogP contribution in [0.5, 0.6) is 5.75 Å². The lowest BCUT2D eigenvalue weighted by atomic mass is 10.1. The Morgan fingerprint density at radius 2 is 1.88 bits per heavy atom. The number of fused-ring (bicyclic) bond motifs is 1. The van der Waals surface area contributed by atoms with E-state index in [0.717, 1.165) is 16.7 Å². The van der Waals surface area contributed by atoms with Crippen molar-refractivity contribution >= 4 is 16.8 Å². The van der Waals surface area contributed by atoms with Crippen LogP contribution in [0, 0.1) is 0 Å². The molecule has 5 heteroatoms. The maximum absolute atomic E-state index is 12.5. The molecule has 0 aliphatic heterocycles. The van der Waals surface area contributed by atoms with E-state index in [2.05, 4.69) is 10.3 Å². The number of amides is 1. The van der Waals surface area contributed by atoms with Crippen molar-refractivity contribution in [2.45, 2.75) is 13.5 Å². The fourth-order valence-electron chi connectivity index (χ4n) is 2.54. The van der Waals surface area contributed by atoms with Gasteiger partial charge in [0.1, 0.15) is 5.75 Å². The highest BCUT2D eigenvalue weighted by atomic mass is 16.5. The Balaban J connectivity index is 1.77. The third kappa shape index (κ3) is 3.46. The van der Waals surface area contributed by atoms with E-state index in [-0.39, 0.29) is 11.5 Å². The van der Waals surface area contributed by atoms with Gasteiger partial charge in [0.05, 0.1) is 12.2 Å². The van der Waals surface area contributed by atoms with Gasteiger partial charge in [0, 0.05) is 23.5 Å². The molecular weight excluding hydrogens is 304 g/mol. The minimum atomic E-state index is -0.292. The number of carbonyl (C=O) groups excluding carboxylic acids is 1. The maximum atomic E-state index is 12.5. The largest absolute Gasteiger partial charge is 0.494 e. The summed E-state index contributed by atoms with van der Waals surface area (Å²) in [5.41, 5.74) is 1.69. The normalized spacial score (nSPS) is 10.5. The number of H-pyrrole nitrogens is 1. The number of nitrogens with one attached hydrogen (secondary N) is 2. The first-order valence-corrected chi connectivity index (χ1v) is 7.79. The number of rotatable bonds is 5. The van der Waals surface area contributed by atoms with Gasteiger partial charge in [-0.05, 0) is 30.7 Å². The van der Waals surface area contributed by atoms with E-state index < -0.39 is 0 Å². The summed E-state index contributed by atoms with van der Waals surface area (Å²) in [6, 6.07) is 16.1. The Bertz CT molecular complexity index is 914. The fraction of sp³-hybridized carbons (Fsp3) is 0.158. The highest BCUT2D eigenvalue weighted by molar-refractivity contribution is 6.05. The number of hydrogen-bond donors (Lipinski definition) is 2. The highest BCUT2D eigenvalue weighted by Crippen LogP contribution is 2.15. The zero-order chi connectivity index (χ0) is 16.9. The Morgan fingerprint density at radius 1 is 1.12 bits per heavy atom. The molecule has 2 N–H and O–H groups in total. The Kier molecular flexibility index (Phi) is 4.61. The van der Waals surface area contributed by atoms with Crippen LogP contribution in [0.25, 0.3) is 10.9 Å². The van der Waals surface area contributed by atoms with Crippen LogP contribution in [0.4, 0.5) is 0 Å². The van der Waals surface area contributed by atoms with Gasteiger partial charge in [-0.2, -0.15) is 0 Å². The summed E-state index contributed by atoms with van der Waals surface area (Å²) in [5, 5.41) is 3.58. The summed E-state index contributed by atoms with van der Waals surface area (Å²) in [6.45, 7) is 2.93. The molecule has 2 aromatic carbocycles. The lowest BCUT2D eigenvalue weighted by Gasteiger charge is -2.09. The van der Waals surface area contributed by atoms with Gasteiger partial charge in [-0.1, -0.05) is 30.3 Å². The van der Waals surface area contributed by atoms with Crippen LogP contribution < -0.4 is 15.6 Å². The standard InChI is InChI=1S/C19H18N2O3/c1-2-24-14-9-7-13(8-10-14)12-20-19(23)16-11-18(22)21-17-6-4-3-5-15(16)17/h3-11H,2,12H2,1H3,(H,20,23)(H,21,22). The smallest absolute Gasteiger partial charge is 0.252 e. The number of carbonyl (C=O) groups is 1. The topological polar surface area (TPSA) is 71.2 Å². The molecule has 3 rings (SSSR count). The second-order valence-corrected chi connectivity index (χ2v) is 5.35. The van der Waals surface area contributed by atoms with Gasteiger partial charge >= 0.3 is 0 Å². The van der Waals surface area contributed by atoms with Crippen LogP contribution in [0.3, 0.4) is 0 Å². The Hall–Kier alpha value is -3.08. The van der Waals surface area contributed by atoms with Crippen LogP contribution in [-0.4, -0.2) is 17.5 Å². The molecule has 0 aliphatic carbocycles. The van der Waals surface area contributed by atoms with Gasteiger partial charge in [-0.3, -0.25) is 9.59 Å². The summed E-state index contributed by atoms with van der Waals surface area (Å²) in [7, 11) is 0. The molecule has 0 saturated heterocycles. The molecule has 0 atom stereocenters. The molecule has 0 fully saturated rings. The van der Waals surface area contributed by atoms with Crippen LogP contribution >= 0.6 is 0 Å². The first-order chi connectivity index (χ1) is 11.7. The molecule has 0 aliphatic rings. The van der Waals surface area contributed by atoms with Gasteiger partial charge in [0.2, 0.25) is 5.56 Å². The van der Waals surface area contributed by atoms with Gasteiger partial charge in [0.15, 0.2) is 0 Å². The van der Waals surface area contributed by atoms with E-state index in [9.17, 15) is 9.59 Å². The molecule has 0 unspecified atom stereocenters. The molecule has 3 aromatic rings. The average molecular weight is 322 g/mol. The monoisotopic (exact) mass is 322 g/mol. The molecule has 0 radical (unpaired) electrons. The molecule has 24 heavy (non-hydrogen) atoms. The summed E-state index contributed by atoms with van der Waals surface area (Å²) in [6.07, 6.45) is 0. The number of benzene rings is 2. The van der Waals surface area contributed by atoms with E-state index in [1.165, 1.54) is 6.07 Å². The Morgan fingerprint density at radius 3 is 2.62 bits per heavy atom. The van der Waals surface area contributed by atoms with Crippen molar-refractivity contribution in [1.82, 2.24) is 10.3 Å². The van der Waals surface area contributed by atoms with Crippen LogP contribution in [-0.2, 0) is 6.54 Å². The van der Waals surface area contributed by atoms with Crippen LogP contribution in [0.15, 0.2) is 59.4 Å². The van der Waals surface area contributed by atoms with Crippen LogP contribution in [0.1, 0.15) is 22.8 Å². The predicted octanol–water partition coefficient (Wildman–Crippen LogP) is 2.86. The minimum Gasteiger partial charge on any atom is -0.494 e. The van der Waals surface area contributed by atoms with E-state index in [4.69, 9.17) is 4.74 Å². The molecule has 1 aromatic heterocycles. The molecular formula is C19H18N2O3. The zero-order valence-electron chi connectivity index (χ0n) is 13.3. The van der Waals surface area contributed by atoms with Crippen molar-refractivity contribution in [2.75, 3.05) is 6.61 Å². The number of aromatic nitrogens is 1. The number of para-hydroxylation sites is 1. The van der Waals surface area contributed by atoms with Gasteiger partial charge in [-0.25, -0.2) is 0 Å². The molecule has 0 spiro atoms. The fourth-order valence-corrected chi connectivity index (χ4v) is 2.54. The predicted molar refractivity (Wildman–Crippen MR) is 93.3 cm³/mol. The molecule has 122 valence electrons. The quantitative estimate of drug-likeness (QED) is 0.759. The van der Waals surface area contributed by atoms with E-state index >= 15 is 0 Å².